The van der Waals surface area contributed by atoms with E-state index in [9.17, 15) is 0 Å². The molecule has 0 heterocycles. The molecule has 0 saturated carbocycles. The molecule has 0 aliphatic carbocycles. The third kappa shape index (κ3) is 9.84. The quantitative estimate of drug-likeness (QED) is 0.344. The largest absolute Gasteiger partial charge is 0.0654 e. The van der Waals surface area contributed by atoms with Crippen LogP contribution in [-0.2, 0) is 11.8 Å². The number of benzene rings is 1. The molecule has 0 saturated heterocycles. The summed E-state index contributed by atoms with van der Waals surface area (Å²) in [4.78, 5) is 0. The highest BCUT2D eigenvalue weighted by Crippen LogP contribution is 2.22. The van der Waals surface area contributed by atoms with Crippen molar-refractivity contribution < 1.29 is 0 Å². The van der Waals surface area contributed by atoms with Crippen LogP contribution in [-0.4, -0.2) is 0 Å². The van der Waals surface area contributed by atoms with Crippen molar-refractivity contribution in [2.45, 2.75) is 110 Å². The highest BCUT2D eigenvalue weighted by molar-refractivity contribution is 5.27. The molecule has 1 rings (SSSR count). The molecule has 0 fully saturated rings. The van der Waals surface area contributed by atoms with E-state index in [1.165, 1.54) is 88.2 Å². The third-order valence-corrected chi connectivity index (χ3v) is 4.89. The monoisotopic (exact) mass is 316 g/mol. The number of aryl methyl sites for hydroxylation is 1. The normalized spacial score (nSPS) is 11.8. The van der Waals surface area contributed by atoms with E-state index in [0.29, 0.717) is 0 Å². The Morgan fingerprint density at radius 1 is 0.609 bits per heavy atom. The van der Waals surface area contributed by atoms with Gasteiger partial charge in [0.1, 0.15) is 0 Å². The van der Waals surface area contributed by atoms with Crippen molar-refractivity contribution in [2.24, 2.45) is 0 Å². The molecule has 0 amide bonds. The standard InChI is InChI=1S/C23H40/c1-5-6-7-8-9-10-11-12-13-14-15-16-21-17-19-22(20-18-21)23(2,3)4/h17-20H,5-16H2,1-4H3. The van der Waals surface area contributed by atoms with Crippen LogP contribution in [0.15, 0.2) is 24.3 Å². The lowest BCUT2D eigenvalue weighted by Gasteiger charge is -2.19. The van der Waals surface area contributed by atoms with Crippen molar-refractivity contribution in [3.05, 3.63) is 35.4 Å². The maximum atomic E-state index is 2.33. The number of unbranched alkanes of at least 4 members (excludes halogenated alkanes) is 10. The summed E-state index contributed by atoms with van der Waals surface area (Å²) in [5.74, 6) is 0. The fourth-order valence-electron chi connectivity index (χ4n) is 3.16. The van der Waals surface area contributed by atoms with Crippen LogP contribution in [0, 0.1) is 0 Å². The minimum absolute atomic E-state index is 0.273. The van der Waals surface area contributed by atoms with Gasteiger partial charge in [-0.15, -0.1) is 0 Å². The summed E-state index contributed by atoms with van der Waals surface area (Å²) < 4.78 is 0. The molecule has 0 nitrogen and oxygen atoms in total. The van der Waals surface area contributed by atoms with Crippen LogP contribution in [0.3, 0.4) is 0 Å². The molecule has 0 aliphatic heterocycles. The van der Waals surface area contributed by atoms with Gasteiger partial charge in [0.25, 0.3) is 0 Å². The van der Waals surface area contributed by atoms with E-state index >= 15 is 0 Å². The highest BCUT2D eigenvalue weighted by atomic mass is 14.2. The zero-order chi connectivity index (χ0) is 17.0. The molecule has 0 bridgehead atoms. The Morgan fingerprint density at radius 2 is 1.04 bits per heavy atom. The van der Waals surface area contributed by atoms with Crippen molar-refractivity contribution in [1.82, 2.24) is 0 Å². The van der Waals surface area contributed by atoms with E-state index in [-0.39, 0.29) is 5.41 Å². The third-order valence-electron chi connectivity index (χ3n) is 4.89. The molecule has 0 unspecified atom stereocenters. The van der Waals surface area contributed by atoms with Crippen molar-refractivity contribution in [3.63, 3.8) is 0 Å². The molecule has 0 aliphatic rings. The minimum atomic E-state index is 0.273. The van der Waals surface area contributed by atoms with Gasteiger partial charge in [-0.25, -0.2) is 0 Å². The molecule has 0 N–H and O–H groups in total. The van der Waals surface area contributed by atoms with Crippen molar-refractivity contribution >= 4 is 0 Å². The van der Waals surface area contributed by atoms with Crippen molar-refractivity contribution in [1.29, 1.82) is 0 Å². The second-order valence-corrected chi connectivity index (χ2v) is 8.23. The summed E-state index contributed by atoms with van der Waals surface area (Å²) >= 11 is 0. The summed E-state index contributed by atoms with van der Waals surface area (Å²) in [7, 11) is 0. The topological polar surface area (TPSA) is 0 Å². The first-order valence-corrected chi connectivity index (χ1v) is 10.1. The molecule has 0 aromatic heterocycles. The smallest absolute Gasteiger partial charge is 0.0132 e. The molecule has 0 radical (unpaired) electrons. The molecule has 1 aromatic rings. The molecule has 0 heteroatoms. The van der Waals surface area contributed by atoms with Gasteiger partial charge in [0.15, 0.2) is 0 Å². The number of rotatable bonds is 12. The van der Waals surface area contributed by atoms with Crippen LogP contribution in [0.4, 0.5) is 0 Å². The number of hydrogen-bond acceptors (Lipinski definition) is 0. The number of hydrogen-bond donors (Lipinski definition) is 0. The van der Waals surface area contributed by atoms with Gasteiger partial charge in [0.2, 0.25) is 0 Å². The van der Waals surface area contributed by atoms with Crippen LogP contribution in [0.5, 0.6) is 0 Å². The van der Waals surface area contributed by atoms with Crippen LogP contribution in [0.2, 0.25) is 0 Å². The van der Waals surface area contributed by atoms with Gasteiger partial charge in [0.05, 0.1) is 0 Å². The van der Waals surface area contributed by atoms with Gasteiger partial charge in [-0.2, -0.15) is 0 Å². The van der Waals surface area contributed by atoms with E-state index in [2.05, 4.69) is 52.0 Å². The molecule has 1 aromatic carbocycles. The minimum Gasteiger partial charge on any atom is -0.0654 e. The second-order valence-electron chi connectivity index (χ2n) is 8.23. The van der Waals surface area contributed by atoms with Crippen LogP contribution in [0.1, 0.15) is 109 Å². The molecule has 0 spiro atoms. The Kier molecular flexibility index (Phi) is 10.3. The molecule has 0 atom stereocenters. The maximum absolute atomic E-state index is 2.33. The van der Waals surface area contributed by atoms with E-state index in [1.807, 2.05) is 0 Å². The average molecular weight is 317 g/mol. The highest BCUT2D eigenvalue weighted by Gasteiger charge is 2.12. The molecule has 132 valence electrons. The Hall–Kier alpha value is -0.780. The van der Waals surface area contributed by atoms with Gasteiger partial charge in [0, 0.05) is 0 Å². The summed E-state index contributed by atoms with van der Waals surface area (Å²) in [5, 5.41) is 0. The SMILES string of the molecule is CCCCCCCCCCCCCc1ccc(C(C)(C)C)cc1. The van der Waals surface area contributed by atoms with Crippen molar-refractivity contribution in [3.8, 4) is 0 Å². The predicted molar refractivity (Wildman–Crippen MR) is 105 cm³/mol. The maximum Gasteiger partial charge on any atom is -0.0132 e. The fourth-order valence-corrected chi connectivity index (χ4v) is 3.16. The Labute approximate surface area is 146 Å². The van der Waals surface area contributed by atoms with E-state index in [4.69, 9.17) is 0 Å². The van der Waals surface area contributed by atoms with E-state index < -0.39 is 0 Å². The Balaban J connectivity index is 1.99. The lowest BCUT2D eigenvalue weighted by molar-refractivity contribution is 0.549. The van der Waals surface area contributed by atoms with E-state index in [0.717, 1.165) is 0 Å². The van der Waals surface area contributed by atoms with Gasteiger partial charge in [-0.3, -0.25) is 0 Å². The zero-order valence-corrected chi connectivity index (χ0v) is 16.3. The first-order chi connectivity index (χ1) is 11.0. The lowest BCUT2D eigenvalue weighted by Crippen LogP contribution is -2.10. The predicted octanol–water partition coefficient (Wildman–Crippen LogP) is 7.84. The fraction of sp³-hybridized carbons (Fsp3) is 0.739. The molecular formula is C23H40. The summed E-state index contributed by atoms with van der Waals surface area (Å²) in [6.07, 6.45) is 16.9. The zero-order valence-electron chi connectivity index (χ0n) is 16.3. The summed E-state index contributed by atoms with van der Waals surface area (Å²) in [6.45, 7) is 9.14. The second kappa shape index (κ2) is 11.7. The van der Waals surface area contributed by atoms with Gasteiger partial charge in [-0.1, -0.05) is 116 Å². The lowest BCUT2D eigenvalue weighted by atomic mass is 9.86. The average Bonchev–Trinajstić information content (AvgIpc) is 2.52. The van der Waals surface area contributed by atoms with Crippen molar-refractivity contribution in [2.75, 3.05) is 0 Å². The Bertz CT molecular complexity index is 379. The summed E-state index contributed by atoms with van der Waals surface area (Å²) in [5.41, 5.74) is 3.23. The first kappa shape index (κ1) is 20.3. The van der Waals surface area contributed by atoms with Gasteiger partial charge >= 0.3 is 0 Å². The van der Waals surface area contributed by atoms with Crippen LogP contribution < -0.4 is 0 Å². The molecule has 23 heavy (non-hydrogen) atoms. The summed E-state index contributed by atoms with van der Waals surface area (Å²) in [6, 6.07) is 9.29. The first-order valence-electron chi connectivity index (χ1n) is 10.1. The Morgan fingerprint density at radius 3 is 1.48 bits per heavy atom. The van der Waals surface area contributed by atoms with Gasteiger partial charge < -0.3 is 0 Å². The van der Waals surface area contributed by atoms with E-state index in [1.54, 1.807) is 0 Å². The van der Waals surface area contributed by atoms with Crippen LogP contribution >= 0.6 is 0 Å². The van der Waals surface area contributed by atoms with Gasteiger partial charge in [-0.05, 0) is 29.4 Å². The van der Waals surface area contributed by atoms with Crippen LogP contribution in [0.25, 0.3) is 0 Å². The molecular weight excluding hydrogens is 276 g/mol.